The number of anilines is 1. The lowest BCUT2D eigenvalue weighted by Gasteiger charge is -2.36. The zero-order valence-electron chi connectivity index (χ0n) is 8.81. The fourth-order valence-electron chi connectivity index (χ4n) is 1.64. The summed E-state index contributed by atoms with van der Waals surface area (Å²) in [4.78, 5) is 14.5. The van der Waals surface area contributed by atoms with Crippen LogP contribution in [0.2, 0.25) is 0 Å². The van der Waals surface area contributed by atoms with Gasteiger partial charge in [-0.25, -0.2) is 9.78 Å². The second-order valence-corrected chi connectivity index (χ2v) is 4.17. The van der Waals surface area contributed by atoms with Gasteiger partial charge in [0, 0.05) is 12.7 Å². The van der Waals surface area contributed by atoms with Gasteiger partial charge in [-0.15, -0.1) is 0 Å². The van der Waals surface area contributed by atoms with Crippen molar-refractivity contribution in [2.24, 2.45) is 0 Å². The molecule has 1 aliphatic carbocycles. The highest BCUT2D eigenvalue weighted by molar-refractivity contribution is 5.87. The van der Waals surface area contributed by atoms with Crippen LogP contribution in [0.1, 0.15) is 29.6 Å². The average molecular weight is 222 g/mol. The van der Waals surface area contributed by atoms with Gasteiger partial charge in [-0.05, 0) is 31.4 Å². The second kappa shape index (κ2) is 4.09. The quantitative estimate of drug-likeness (QED) is 0.710. The first-order valence-corrected chi connectivity index (χ1v) is 5.25. The molecule has 1 aliphatic rings. The molecule has 1 aromatic rings. The highest BCUT2D eigenvalue weighted by Gasteiger charge is 2.33. The fourth-order valence-corrected chi connectivity index (χ4v) is 1.64. The number of aromatic nitrogens is 1. The molecule has 86 valence electrons. The summed E-state index contributed by atoms with van der Waals surface area (Å²) < 4.78 is 0. The van der Waals surface area contributed by atoms with Crippen LogP contribution in [0.5, 0.6) is 0 Å². The van der Waals surface area contributed by atoms with E-state index < -0.39 is 11.6 Å². The summed E-state index contributed by atoms with van der Waals surface area (Å²) in [5, 5.41) is 21.5. The third-order valence-electron chi connectivity index (χ3n) is 2.89. The van der Waals surface area contributed by atoms with Crippen molar-refractivity contribution >= 4 is 11.8 Å². The van der Waals surface area contributed by atoms with Gasteiger partial charge >= 0.3 is 5.97 Å². The van der Waals surface area contributed by atoms with Gasteiger partial charge in [-0.2, -0.15) is 0 Å². The maximum atomic E-state index is 10.6. The Bertz CT molecular complexity index is 385. The van der Waals surface area contributed by atoms with E-state index >= 15 is 0 Å². The molecule has 0 aliphatic heterocycles. The molecule has 0 unspecified atom stereocenters. The first-order valence-electron chi connectivity index (χ1n) is 5.25. The van der Waals surface area contributed by atoms with Crippen LogP contribution in [0, 0.1) is 0 Å². The molecule has 2 rings (SSSR count). The van der Waals surface area contributed by atoms with Crippen molar-refractivity contribution in [3.05, 3.63) is 23.9 Å². The Morgan fingerprint density at radius 1 is 1.50 bits per heavy atom. The number of hydrogen-bond acceptors (Lipinski definition) is 4. The van der Waals surface area contributed by atoms with Gasteiger partial charge in [0.05, 0.1) is 11.2 Å². The van der Waals surface area contributed by atoms with Crippen LogP contribution >= 0.6 is 0 Å². The SMILES string of the molecule is O=C(O)c1ccc(NCC2(O)CCC2)nc1. The Morgan fingerprint density at radius 3 is 2.69 bits per heavy atom. The van der Waals surface area contributed by atoms with E-state index in [1.807, 2.05) is 0 Å². The molecule has 0 amide bonds. The van der Waals surface area contributed by atoms with E-state index in [9.17, 15) is 9.90 Å². The van der Waals surface area contributed by atoms with Crippen LogP contribution in [-0.4, -0.2) is 33.3 Å². The smallest absolute Gasteiger partial charge is 0.337 e. The zero-order valence-corrected chi connectivity index (χ0v) is 8.81. The Hall–Kier alpha value is -1.62. The summed E-state index contributed by atoms with van der Waals surface area (Å²) >= 11 is 0. The van der Waals surface area contributed by atoms with Gasteiger partial charge in [0.1, 0.15) is 5.82 Å². The normalized spacial score (nSPS) is 17.6. The standard InChI is InChI=1S/C11H14N2O3/c14-10(15)8-2-3-9(12-6-8)13-7-11(16)4-1-5-11/h2-3,6,16H,1,4-5,7H2,(H,12,13)(H,14,15). The van der Waals surface area contributed by atoms with E-state index in [1.165, 1.54) is 12.3 Å². The van der Waals surface area contributed by atoms with E-state index in [0.717, 1.165) is 19.3 Å². The van der Waals surface area contributed by atoms with Crippen molar-refractivity contribution in [1.82, 2.24) is 4.98 Å². The van der Waals surface area contributed by atoms with Gasteiger partial charge in [-0.1, -0.05) is 0 Å². The lowest BCUT2D eigenvalue weighted by Crippen LogP contribution is -2.43. The molecule has 0 spiro atoms. The number of nitrogens with one attached hydrogen (secondary N) is 1. The summed E-state index contributed by atoms with van der Waals surface area (Å²) in [6, 6.07) is 3.09. The van der Waals surface area contributed by atoms with E-state index in [0.29, 0.717) is 12.4 Å². The summed E-state index contributed by atoms with van der Waals surface area (Å²) in [7, 11) is 0. The first kappa shape index (κ1) is 10.9. The summed E-state index contributed by atoms with van der Waals surface area (Å²) in [5.74, 6) is -0.401. The molecule has 16 heavy (non-hydrogen) atoms. The van der Waals surface area contributed by atoms with Crippen molar-refractivity contribution < 1.29 is 15.0 Å². The van der Waals surface area contributed by atoms with E-state index in [-0.39, 0.29) is 5.56 Å². The maximum absolute atomic E-state index is 10.6. The molecule has 1 heterocycles. The monoisotopic (exact) mass is 222 g/mol. The molecular formula is C11H14N2O3. The van der Waals surface area contributed by atoms with Gasteiger partial charge in [0.2, 0.25) is 0 Å². The lowest BCUT2D eigenvalue weighted by atomic mass is 9.80. The molecule has 1 fully saturated rings. The van der Waals surface area contributed by atoms with Crippen LogP contribution in [0.4, 0.5) is 5.82 Å². The third-order valence-corrected chi connectivity index (χ3v) is 2.89. The average Bonchev–Trinajstić information content (AvgIpc) is 2.24. The Kier molecular flexibility index (Phi) is 2.78. The molecule has 0 saturated heterocycles. The molecule has 0 atom stereocenters. The number of carboxylic acids is 1. The number of carboxylic acid groups (broad SMARTS) is 1. The van der Waals surface area contributed by atoms with Crippen molar-refractivity contribution in [1.29, 1.82) is 0 Å². The number of aromatic carboxylic acids is 1. The Labute approximate surface area is 93.1 Å². The number of nitrogens with zero attached hydrogens (tertiary/aromatic N) is 1. The molecule has 1 aromatic heterocycles. The van der Waals surface area contributed by atoms with E-state index in [2.05, 4.69) is 10.3 Å². The maximum Gasteiger partial charge on any atom is 0.337 e. The van der Waals surface area contributed by atoms with Gasteiger partial charge in [0.25, 0.3) is 0 Å². The molecule has 1 saturated carbocycles. The van der Waals surface area contributed by atoms with E-state index in [4.69, 9.17) is 5.11 Å². The van der Waals surface area contributed by atoms with Crippen LogP contribution in [0.3, 0.4) is 0 Å². The van der Waals surface area contributed by atoms with Crippen molar-refractivity contribution in [2.45, 2.75) is 24.9 Å². The Balaban J connectivity index is 1.92. The van der Waals surface area contributed by atoms with Crippen molar-refractivity contribution in [2.75, 3.05) is 11.9 Å². The number of aliphatic hydroxyl groups is 1. The molecular weight excluding hydrogens is 208 g/mol. The molecule has 0 aromatic carbocycles. The van der Waals surface area contributed by atoms with Crippen LogP contribution in [0.15, 0.2) is 18.3 Å². The van der Waals surface area contributed by atoms with Crippen LogP contribution in [-0.2, 0) is 0 Å². The minimum atomic E-state index is -0.989. The number of rotatable bonds is 4. The third kappa shape index (κ3) is 2.30. The largest absolute Gasteiger partial charge is 0.478 e. The van der Waals surface area contributed by atoms with Crippen molar-refractivity contribution in [3.8, 4) is 0 Å². The molecule has 5 heteroatoms. The first-order chi connectivity index (χ1) is 7.59. The minimum absolute atomic E-state index is 0.160. The van der Waals surface area contributed by atoms with Gasteiger partial charge in [-0.3, -0.25) is 0 Å². The zero-order chi connectivity index (χ0) is 11.6. The molecule has 0 bridgehead atoms. The van der Waals surface area contributed by atoms with E-state index in [1.54, 1.807) is 6.07 Å². The predicted molar refractivity (Wildman–Crippen MR) is 58.5 cm³/mol. The second-order valence-electron chi connectivity index (χ2n) is 4.17. The summed E-state index contributed by atoms with van der Waals surface area (Å²) in [6.07, 6.45) is 3.99. The lowest BCUT2D eigenvalue weighted by molar-refractivity contribution is -0.0202. The van der Waals surface area contributed by atoms with Gasteiger partial charge in [0.15, 0.2) is 0 Å². The molecule has 0 radical (unpaired) electrons. The summed E-state index contributed by atoms with van der Waals surface area (Å²) in [5.41, 5.74) is -0.444. The Morgan fingerprint density at radius 2 is 2.25 bits per heavy atom. The highest BCUT2D eigenvalue weighted by Crippen LogP contribution is 2.31. The number of carbonyl (C=O) groups is 1. The van der Waals surface area contributed by atoms with Gasteiger partial charge < -0.3 is 15.5 Å². The van der Waals surface area contributed by atoms with Crippen LogP contribution in [0.25, 0.3) is 0 Å². The highest BCUT2D eigenvalue weighted by atomic mass is 16.4. The topological polar surface area (TPSA) is 82.5 Å². The summed E-state index contributed by atoms with van der Waals surface area (Å²) in [6.45, 7) is 0.465. The number of pyridine rings is 1. The van der Waals surface area contributed by atoms with Crippen molar-refractivity contribution in [3.63, 3.8) is 0 Å². The van der Waals surface area contributed by atoms with Crippen LogP contribution < -0.4 is 5.32 Å². The number of hydrogen-bond donors (Lipinski definition) is 3. The molecule has 5 nitrogen and oxygen atoms in total. The molecule has 3 N–H and O–H groups in total. The predicted octanol–water partition coefficient (Wildman–Crippen LogP) is 1.11. The minimum Gasteiger partial charge on any atom is -0.478 e. The fraction of sp³-hybridized carbons (Fsp3) is 0.455.